The van der Waals surface area contributed by atoms with Gasteiger partial charge >= 0.3 is 0 Å². The lowest BCUT2D eigenvalue weighted by Crippen LogP contribution is -2.36. The van der Waals surface area contributed by atoms with E-state index < -0.39 is 15.9 Å². The normalized spacial score (nSPS) is 20.5. The Morgan fingerprint density at radius 3 is 2.56 bits per heavy atom. The summed E-state index contributed by atoms with van der Waals surface area (Å²) in [5, 5.41) is 6.41. The second kappa shape index (κ2) is 11.8. The van der Waals surface area contributed by atoms with Crippen LogP contribution in [0.5, 0.6) is 5.75 Å². The van der Waals surface area contributed by atoms with Crippen molar-refractivity contribution in [1.29, 1.82) is 0 Å². The number of hydrogen-bond acceptors (Lipinski definition) is 6. The van der Waals surface area contributed by atoms with E-state index in [1.165, 1.54) is 24.2 Å². The molecule has 1 aliphatic carbocycles. The number of benzene rings is 1. The van der Waals surface area contributed by atoms with Crippen molar-refractivity contribution < 1.29 is 22.7 Å². The van der Waals surface area contributed by atoms with Crippen LogP contribution in [0, 0.1) is 5.92 Å². The van der Waals surface area contributed by atoms with Gasteiger partial charge in [0.25, 0.3) is 11.8 Å². The second-order valence-electron chi connectivity index (χ2n) is 10.0. The smallest absolute Gasteiger partial charge is 0.256 e. The highest BCUT2D eigenvalue weighted by molar-refractivity contribution is 7.91. The molecule has 7 nitrogen and oxygen atoms in total. The van der Waals surface area contributed by atoms with E-state index in [0.29, 0.717) is 35.1 Å². The maximum atomic E-state index is 13.3. The minimum Gasteiger partial charge on any atom is -0.494 e. The van der Waals surface area contributed by atoms with Gasteiger partial charge in [-0.1, -0.05) is 33.1 Å². The van der Waals surface area contributed by atoms with Gasteiger partial charge in [-0.2, -0.15) is 0 Å². The Bertz CT molecular complexity index is 1190. The van der Waals surface area contributed by atoms with E-state index in [2.05, 4.69) is 24.5 Å². The van der Waals surface area contributed by atoms with E-state index in [9.17, 15) is 18.0 Å². The van der Waals surface area contributed by atoms with Gasteiger partial charge in [-0.3, -0.25) is 9.59 Å². The summed E-state index contributed by atoms with van der Waals surface area (Å²) in [7, 11) is -3.11. The topological polar surface area (TPSA) is 102 Å². The van der Waals surface area contributed by atoms with Gasteiger partial charge in [-0.25, -0.2) is 8.42 Å². The van der Waals surface area contributed by atoms with E-state index in [4.69, 9.17) is 4.74 Å². The molecule has 2 heterocycles. The molecule has 0 spiro atoms. The average molecular weight is 533 g/mol. The third-order valence-electron chi connectivity index (χ3n) is 6.92. The number of amides is 2. The molecule has 2 unspecified atom stereocenters. The highest BCUT2D eigenvalue weighted by Gasteiger charge is 2.33. The summed E-state index contributed by atoms with van der Waals surface area (Å²) in [5.74, 6) is 0.732. The van der Waals surface area contributed by atoms with E-state index in [-0.39, 0.29) is 23.3 Å². The van der Waals surface area contributed by atoms with Crippen LogP contribution in [0.25, 0.3) is 0 Å². The van der Waals surface area contributed by atoms with E-state index in [0.717, 1.165) is 48.3 Å². The summed E-state index contributed by atoms with van der Waals surface area (Å²) < 4.78 is 29.5. The van der Waals surface area contributed by atoms with Gasteiger partial charge in [0.05, 0.1) is 23.7 Å². The lowest BCUT2D eigenvalue weighted by Gasteiger charge is -2.19. The lowest BCUT2D eigenvalue weighted by molar-refractivity contribution is 0.0941. The summed E-state index contributed by atoms with van der Waals surface area (Å²) in [6.07, 6.45) is 7.59. The van der Waals surface area contributed by atoms with Gasteiger partial charge in [0, 0.05) is 16.5 Å². The maximum absolute atomic E-state index is 13.3. The van der Waals surface area contributed by atoms with Crippen molar-refractivity contribution in [3.8, 4) is 5.75 Å². The first kappa shape index (κ1) is 26.7. The van der Waals surface area contributed by atoms with Crippen LogP contribution in [0.3, 0.4) is 0 Å². The number of fused-ring (bicyclic) bond motifs is 1. The summed E-state index contributed by atoms with van der Waals surface area (Å²) >= 11 is 1.46. The Morgan fingerprint density at radius 1 is 1.08 bits per heavy atom. The molecule has 9 heteroatoms. The molecule has 1 saturated heterocycles. The van der Waals surface area contributed by atoms with Crippen molar-refractivity contribution in [2.45, 2.75) is 71.3 Å². The number of carbonyl (C=O) groups excluding carboxylic acids is 2. The van der Waals surface area contributed by atoms with Crippen LogP contribution in [-0.4, -0.2) is 44.4 Å². The Kier molecular flexibility index (Phi) is 8.72. The molecule has 0 saturated carbocycles. The minimum atomic E-state index is -3.11. The molecule has 2 aliphatic rings. The van der Waals surface area contributed by atoms with Crippen LogP contribution in [0.2, 0.25) is 0 Å². The van der Waals surface area contributed by atoms with Crippen molar-refractivity contribution in [2.75, 3.05) is 23.4 Å². The average Bonchev–Trinajstić information content (AvgIpc) is 3.37. The zero-order chi connectivity index (χ0) is 25.7. The van der Waals surface area contributed by atoms with Crippen LogP contribution in [0.1, 0.15) is 83.5 Å². The van der Waals surface area contributed by atoms with Gasteiger partial charge in [0.15, 0.2) is 9.84 Å². The molecular formula is C27H36N2O5S2. The summed E-state index contributed by atoms with van der Waals surface area (Å²) in [6, 6.07) is 6.66. The largest absolute Gasteiger partial charge is 0.494 e. The van der Waals surface area contributed by atoms with E-state index in [1.54, 1.807) is 24.3 Å². The summed E-state index contributed by atoms with van der Waals surface area (Å²) in [6.45, 7) is 5.02. The highest BCUT2D eigenvalue weighted by Crippen LogP contribution is 2.40. The molecule has 2 amide bonds. The Balaban J connectivity index is 1.46. The third-order valence-corrected chi connectivity index (χ3v) is 9.85. The monoisotopic (exact) mass is 532 g/mol. The van der Waals surface area contributed by atoms with Gasteiger partial charge in [0.2, 0.25) is 0 Å². The number of sulfone groups is 1. The zero-order valence-corrected chi connectivity index (χ0v) is 22.7. The number of rotatable bonds is 10. The molecule has 4 rings (SSSR count). The van der Waals surface area contributed by atoms with E-state index >= 15 is 0 Å². The van der Waals surface area contributed by atoms with Gasteiger partial charge in [-0.15, -0.1) is 11.3 Å². The summed E-state index contributed by atoms with van der Waals surface area (Å²) in [4.78, 5) is 27.5. The Morgan fingerprint density at radius 2 is 1.86 bits per heavy atom. The standard InChI is InChI=1S/C27H36N2O5S2/c1-3-4-5-6-14-34-21-10-8-19(9-11-21)25(30)29-27-24(22-12-7-18(2)16-23(22)35-27)26(31)28-20-13-15-36(32,33)17-20/h8-11,18,20H,3-7,12-17H2,1-2H3,(H,28,31)(H,29,30). The molecule has 2 atom stereocenters. The van der Waals surface area contributed by atoms with Crippen LogP contribution in [0.15, 0.2) is 24.3 Å². The first-order valence-corrected chi connectivity index (χ1v) is 15.6. The zero-order valence-electron chi connectivity index (χ0n) is 21.1. The van der Waals surface area contributed by atoms with Gasteiger partial charge in [-0.05, 0) is 67.9 Å². The first-order valence-electron chi connectivity index (χ1n) is 13.0. The molecule has 2 N–H and O–H groups in total. The number of thiophene rings is 1. The quantitative estimate of drug-likeness (QED) is 0.419. The number of hydrogen-bond donors (Lipinski definition) is 2. The molecule has 0 bridgehead atoms. The van der Waals surface area contributed by atoms with Crippen molar-refractivity contribution in [3.63, 3.8) is 0 Å². The molecule has 0 radical (unpaired) electrons. The Labute approximate surface area is 217 Å². The van der Waals surface area contributed by atoms with Crippen LogP contribution < -0.4 is 15.4 Å². The molecule has 1 aliphatic heterocycles. The number of anilines is 1. The number of carbonyl (C=O) groups is 2. The number of ether oxygens (including phenoxy) is 1. The molecule has 1 aromatic heterocycles. The van der Waals surface area contributed by atoms with Crippen molar-refractivity contribution in [1.82, 2.24) is 5.32 Å². The van der Waals surface area contributed by atoms with E-state index in [1.807, 2.05) is 0 Å². The second-order valence-corrected chi connectivity index (χ2v) is 13.4. The first-order chi connectivity index (χ1) is 17.3. The fourth-order valence-electron chi connectivity index (χ4n) is 4.84. The molecule has 1 aromatic carbocycles. The lowest BCUT2D eigenvalue weighted by atomic mass is 9.88. The van der Waals surface area contributed by atoms with Crippen LogP contribution >= 0.6 is 11.3 Å². The minimum absolute atomic E-state index is 0.0309. The fraction of sp³-hybridized carbons (Fsp3) is 0.556. The predicted octanol–water partition coefficient (Wildman–Crippen LogP) is 5.00. The van der Waals surface area contributed by atoms with Crippen LogP contribution in [0.4, 0.5) is 5.00 Å². The van der Waals surface area contributed by atoms with Crippen molar-refractivity contribution in [3.05, 3.63) is 45.8 Å². The fourth-order valence-corrected chi connectivity index (χ4v) is 7.92. The van der Waals surface area contributed by atoms with Gasteiger partial charge < -0.3 is 15.4 Å². The number of unbranched alkanes of at least 4 members (excludes halogenated alkanes) is 3. The SMILES string of the molecule is CCCCCCOc1ccc(C(=O)Nc2sc3c(c2C(=O)NC2CCS(=O)(=O)C2)CCC(C)C3)cc1. The number of nitrogens with one attached hydrogen (secondary N) is 2. The van der Waals surface area contributed by atoms with Crippen molar-refractivity contribution >= 4 is 38.0 Å². The Hall–Kier alpha value is -2.39. The molecule has 196 valence electrons. The molecular weight excluding hydrogens is 496 g/mol. The molecule has 2 aromatic rings. The third kappa shape index (κ3) is 6.68. The predicted molar refractivity (Wildman–Crippen MR) is 144 cm³/mol. The van der Waals surface area contributed by atoms with Gasteiger partial charge in [0.1, 0.15) is 10.8 Å². The summed E-state index contributed by atoms with van der Waals surface area (Å²) in [5.41, 5.74) is 1.96. The molecule has 1 fully saturated rings. The van der Waals surface area contributed by atoms with Crippen LogP contribution in [-0.2, 0) is 22.7 Å². The van der Waals surface area contributed by atoms with Crippen molar-refractivity contribution in [2.24, 2.45) is 5.92 Å². The molecule has 36 heavy (non-hydrogen) atoms. The maximum Gasteiger partial charge on any atom is 0.256 e. The highest BCUT2D eigenvalue weighted by atomic mass is 32.2.